The highest BCUT2D eigenvalue weighted by atomic mass is 19.1. The molecule has 18 heavy (non-hydrogen) atoms. The fourth-order valence-corrected chi connectivity index (χ4v) is 1.65. The number of halogens is 1. The van der Waals surface area contributed by atoms with Crippen molar-refractivity contribution in [3.63, 3.8) is 0 Å². The van der Waals surface area contributed by atoms with E-state index in [4.69, 9.17) is 10.5 Å². The molecule has 0 radical (unpaired) electrons. The zero-order chi connectivity index (χ0) is 13.7. The van der Waals surface area contributed by atoms with Gasteiger partial charge in [-0.25, -0.2) is 4.39 Å². The van der Waals surface area contributed by atoms with Crippen molar-refractivity contribution >= 4 is 5.91 Å². The number of methoxy groups -OCH3 is 1. The van der Waals surface area contributed by atoms with Crippen LogP contribution in [0.3, 0.4) is 0 Å². The number of rotatable bonds is 5. The topological polar surface area (TPSA) is 64.3 Å². The molecule has 4 nitrogen and oxygen atoms in total. The van der Waals surface area contributed by atoms with Crippen LogP contribution in [0.25, 0.3) is 0 Å². The van der Waals surface area contributed by atoms with Crippen molar-refractivity contribution in [1.82, 2.24) is 5.32 Å². The number of hydrogen-bond donors (Lipinski definition) is 2. The van der Waals surface area contributed by atoms with Crippen molar-refractivity contribution in [2.24, 2.45) is 11.7 Å². The lowest BCUT2D eigenvalue weighted by Crippen LogP contribution is -2.35. The van der Waals surface area contributed by atoms with E-state index in [1.807, 2.05) is 0 Å². The van der Waals surface area contributed by atoms with Crippen molar-refractivity contribution < 1.29 is 13.9 Å². The maximum Gasteiger partial charge on any atom is 0.224 e. The Labute approximate surface area is 106 Å². The Balaban J connectivity index is 2.90. The monoisotopic (exact) mass is 254 g/mol. The minimum Gasteiger partial charge on any atom is -0.496 e. The summed E-state index contributed by atoms with van der Waals surface area (Å²) < 4.78 is 18.9. The molecule has 100 valence electrons. The van der Waals surface area contributed by atoms with E-state index in [-0.39, 0.29) is 18.4 Å². The average molecular weight is 254 g/mol. The number of ether oxygens (including phenoxy) is 1. The lowest BCUT2D eigenvalue weighted by Gasteiger charge is -2.19. The summed E-state index contributed by atoms with van der Waals surface area (Å²) in [5, 5.41) is 2.72. The third-order valence-corrected chi connectivity index (χ3v) is 2.83. The van der Waals surface area contributed by atoms with Crippen LogP contribution < -0.4 is 15.8 Å². The summed E-state index contributed by atoms with van der Waals surface area (Å²) >= 11 is 0. The van der Waals surface area contributed by atoms with Crippen LogP contribution >= 0.6 is 0 Å². The van der Waals surface area contributed by atoms with Crippen LogP contribution in [0.4, 0.5) is 4.39 Å². The van der Waals surface area contributed by atoms with Gasteiger partial charge in [-0.05, 0) is 19.1 Å². The van der Waals surface area contributed by atoms with Gasteiger partial charge in [0.25, 0.3) is 0 Å². The number of carbonyl (C=O) groups is 1. The minimum absolute atomic E-state index is 0.199. The van der Waals surface area contributed by atoms with Gasteiger partial charge in [-0.2, -0.15) is 0 Å². The first-order valence-corrected chi connectivity index (χ1v) is 5.84. The van der Waals surface area contributed by atoms with Gasteiger partial charge in [0.15, 0.2) is 0 Å². The van der Waals surface area contributed by atoms with Crippen molar-refractivity contribution in [3.05, 3.63) is 29.6 Å². The summed E-state index contributed by atoms with van der Waals surface area (Å²) in [6.07, 6.45) is 0. The molecule has 2 unspecified atom stereocenters. The third-order valence-electron chi connectivity index (χ3n) is 2.83. The van der Waals surface area contributed by atoms with Gasteiger partial charge < -0.3 is 15.8 Å². The smallest absolute Gasteiger partial charge is 0.224 e. The fourth-order valence-electron chi connectivity index (χ4n) is 1.65. The SMILES string of the molecule is COc1cccc(F)c1C(C)NC(=O)C(C)CN. The Morgan fingerprint density at radius 3 is 2.72 bits per heavy atom. The van der Waals surface area contributed by atoms with E-state index < -0.39 is 11.9 Å². The Bertz CT molecular complexity index is 423. The largest absolute Gasteiger partial charge is 0.496 e. The van der Waals surface area contributed by atoms with Gasteiger partial charge >= 0.3 is 0 Å². The van der Waals surface area contributed by atoms with Gasteiger partial charge in [0, 0.05) is 12.5 Å². The number of nitrogens with one attached hydrogen (secondary N) is 1. The number of amides is 1. The quantitative estimate of drug-likeness (QED) is 0.839. The third kappa shape index (κ3) is 3.20. The van der Waals surface area contributed by atoms with E-state index in [0.29, 0.717) is 11.3 Å². The second-order valence-electron chi connectivity index (χ2n) is 4.22. The Kier molecular flexibility index (Phi) is 5.09. The Morgan fingerprint density at radius 1 is 1.50 bits per heavy atom. The highest BCUT2D eigenvalue weighted by Crippen LogP contribution is 2.27. The molecule has 0 spiro atoms. The van der Waals surface area contributed by atoms with Crippen molar-refractivity contribution in [3.8, 4) is 5.75 Å². The average Bonchev–Trinajstić information content (AvgIpc) is 2.36. The molecule has 2 atom stereocenters. The molecule has 0 fully saturated rings. The minimum atomic E-state index is -0.470. The van der Waals surface area contributed by atoms with Gasteiger partial charge in [0.2, 0.25) is 5.91 Å². The van der Waals surface area contributed by atoms with Crippen LogP contribution in [-0.2, 0) is 4.79 Å². The maximum atomic E-state index is 13.8. The molecule has 1 amide bonds. The van der Waals surface area contributed by atoms with Crippen LogP contribution in [0.15, 0.2) is 18.2 Å². The summed E-state index contributed by atoms with van der Waals surface area (Å²) in [5.74, 6) is -0.480. The van der Waals surface area contributed by atoms with E-state index in [1.54, 1.807) is 26.0 Å². The van der Waals surface area contributed by atoms with Crippen molar-refractivity contribution in [2.45, 2.75) is 19.9 Å². The fraction of sp³-hybridized carbons (Fsp3) is 0.462. The van der Waals surface area contributed by atoms with E-state index in [9.17, 15) is 9.18 Å². The molecule has 3 N–H and O–H groups in total. The first-order chi connectivity index (χ1) is 8.51. The molecular formula is C13H19FN2O2. The molecule has 0 saturated heterocycles. The van der Waals surface area contributed by atoms with E-state index in [0.717, 1.165) is 0 Å². The first-order valence-electron chi connectivity index (χ1n) is 5.84. The van der Waals surface area contributed by atoms with Crippen molar-refractivity contribution in [1.29, 1.82) is 0 Å². The molecule has 0 aromatic heterocycles. The molecule has 1 aromatic rings. The zero-order valence-electron chi connectivity index (χ0n) is 10.9. The second kappa shape index (κ2) is 6.35. The highest BCUT2D eigenvalue weighted by Gasteiger charge is 2.20. The van der Waals surface area contributed by atoms with E-state index in [1.165, 1.54) is 13.2 Å². The number of benzene rings is 1. The van der Waals surface area contributed by atoms with Crippen LogP contribution in [0, 0.1) is 11.7 Å². The first kappa shape index (κ1) is 14.4. The molecule has 0 aliphatic heterocycles. The molecular weight excluding hydrogens is 235 g/mol. The molecule has 0 bridgehead atoms. The van der Waals surface area contributed by atoms with Crippen molar-refractivity contribution in [2.75, 3.05) is 13.7 Å². The number of carbonyl (C=O) groups excluding carboxylic acids is 1. The molecule has 0 aliphatic carbocycles. The Hall–Kier alpha value is -1.62. The molecule has 0 aliphatic rings. The molecule has 0 saturated carbocycles. The second-order valence-corrected chi connectivity index (χ2v) is 4.22. The lowest BCUT2D eigenvalue weighted by atomic mass is 10.0. The van der Waals surface area contributed by atoms with Crippen LogP contribution in [0.2, 0.25) is 0 Å². The van der Waals surface area contributed by atoms with Crippen LogP contribution in [0.1, 0.15) is 25.5 Å². The molecule has 5 heteroatoms. The van der Waals surface area contributed by atoms with Crippen LogP contribution in [0.5, 0.6) is 5.75 Å². The maximum absolute atomic E-state index is 13.8. The van der Waals surface area contributed by atoms with Gasteiger partial charge in [0.1, 0.15) is 11.6 Å². The van der Waals surface area contributed by atoms with Gasteiger partial charge in [-0.1, -0.05) is 13.0 Å². The number of nitrogens with two attached hydrogens (primary N) is 1. The standard InChI is InChI=1S/C13H19FN2O2/c1-8(7-15)13(17)16-9(2)12-10(14)5-4-6-11(12)18-3/h4-6,8-9H,7,15H2,1-3H3,(H,16,17). The summed E-state index contributed by atoms with van der Waals surface area (Å²) in [7, 11) is 1.47. The molecule has 1 aromatic carbocycles. The molecule has 1 rings (SSSR count). The van der Waals surface area contributed by atoms with Gasteiger partial charge in [-0.15, -0.1) is 0 Å². The van der Waals surface area contributed by atoms with E-state index >= 15 is 0 Å². The lowest BCUT2D eigenvalue weighted by molar-refractivity contribution is -0.124. The van der Waals surface area contributed by atoms with E-state index in [2.05, 4.69) is 5.32 Å². The summed E-state index contributed by atoms with van der Waals surface area (Å²) in [5.41, 5.74) is 5.76. The zero-order valence-corrected chi connectivity index (χ0v) is 10.9. The van der Waals surface area contributed by atoms with Crippen LogP contribution in [-0.4, -0.2) is 19.6 Å². The van der Waals surface area contributed by atoms with Gasteiger partial charge in [-0.3, -0.25) is 4.79 Å². The predicted octanol–water partition coefficient (Wildman–Crippen LogP) is 1.61. The van der Waals surface area contributed by atoms with Gasteiger partial charge in [0.05, 0.1) is 18.7 Å². The summed E-state index contributed by atoms with van der Waals surface area (Å²) in [6.45, 7) is 3.69. The molecule has 0 heterocycles. The number of hydrogen-bond acceptors (Lipinski definition) is 3. The summed E-state index contributed by atoms with van der Waals surface area (Å²) in [6, 6.07) is 4.09. The predicted molar refractivity (Wildman–Crippen MR) is 67.7 cm³/mol. The Morgan fingerprint density at radius 2 is 2.17 bits per heavy atom. The normalized spacial score (nSPS) is 13.8. The highest BCUT2D eigenvalue weighted by molar-refractivity contribution is 5.79. The summed E-state index contributed by atoms with van der Waals surface area (Å²) in [4.78, 5) is 11.7.